The molecule has 33 heavy (non-hydrogen) atoms. The minimum atomic E-state index is -0.925. The van der Waals surface area contributed by atoms with E-state index in [1.54, 1.807) is 0 Å². The Morgan fingerprint density at radius 3 is 2.39 bits per heavy atom. The second-order valence-corrected chi connectivity index (χ2v) is 9.42. The number of nitrogens with one attached hydrogen (secondary N) is 2. The number of Topliss-reactive ketones (excluding diaryl/α,β-unsaturated/α-hetero) is 1. The van der Waals surface area contributed by atoms with Gasteiger partial charge in [-0.25, -0.2) is 4.79 Å². The van der Waals surface area contributed by atoms with E-state index in [4.69, 9.17) is 0 Å². The number of aryl methyl sites for hydroxylation is 1. The first-order chi connectivity index (χ1) is 15.9. The van der Waals surface area contributed by atoms with Gasteiger partial charge in [0.05, 0.1) is 6.42 Å². The van der Waals surface area contributed by atoms with E-state index in [0.717, 1.165) is 35.2 Å². The Labute approximate surface area is 194 Å². The highest BCUT2D eigenvalue weighted by molar-refractivity contribution is 6.04. The SMILES string of the molecule is CCC1(CC(=O)O)CCc2cc(-c3ccc(NC(=O)NC4CCCCC4)cc3)ccc2C1=O. The predicted octanol–water partition coefficient (Wildman–Crippen LogP) is 5.81. The standard InChI is InChI=1S/C27H32N2O4/c1-2-27(17-24(30)31)15-14-20-16-19(10-13-23(20)25(27)32)18-8-11-22(12-9-18)29-26(33)28-21-6-4-3-5-7-21/h8-13,16,21H,2-7,14-15,17H2,1H3,(H,30,31)(H2,28,29,33). The number of urea groups is 1. The summed E-state index contributed by atoms with van der Waals surface area (Å²) in [5, 5.41) is 15.3. The summed E-state index contributed by atoms with van der Waals surface area (Å²) < 4.78 is 0. The molecule has 0 radical (unpaired) electrons. The monoisotopic (exact) mass is 448 g/mol. The molecule has 0 heterocycles. The predicted molar refractivity (Wildman–Crippen MR) is 129 cm³/mol. The van der Waals surface area contributed by atoms with Crippen LogP contribution in [0.3, 0.4) is 0 Å². The fraction of sp³-hybridized carbons (Fsp3) is 0.444. The number of benzene rings is 2. The largest absolute Gasteiger partial charge is 0.481 e. The molecule has 0 aromatic heterocycles. The molecule has 1 saturated carbocycles. The molecule has 1 fully saturated rings. The third-order valence-electron chi connectivity index (χ3n) is 7.29. The lowest BCUT2D eigenvalue weighted by molar-refractivity contribution is -0.139. The van der Waals surface area contributed by atoms with Crippen molar-refractivity contribution in [2.24, 2.45) is 5.41 Å². The lowest BCUT2D eigenvalue weighted by Gasteiger charge is -2.35. The van der Waals surface area contributed by atoms with Gasteiger partial charge in [0.25, 0.3) is 0 Å². The van der Waals surface area contributed by atoms with Crippen LogP contribution in [0.5, 0.6) is 0 Å². The van der Waals surface area contributed by atoms with Crippen LogP contribution in [-0.2, 0) is 11.2 Å². The fourth-order valence-corrected chi connectivity index (χ4v) is 5.24. The van der Waals surface area contributed by atoms with Crippen LogP contribution in [0.1, 0.15) is 74.2 Å². The van der Waals surface area contributed by atoms with Crippen molar-refractivity contribution in [3.63, 3.8) is 0 Å². The maximum atomic E-state index is 13.1. The zero-order chi connectivity index (χ0) is 23.4. The minimum absolute atomic E-state index is 0.0521. The molecule has 2 aromatic rings. The zero-order valence-corrected chi connectivity index (χ0v) is 19.2. The van der Waals surface area contributed by atoms with Crippen LogP contribution in [0.15, 0.2) is 42.5 Å². The van der Waals surface area contributed by atoms with E-state index < -0.39 is 11.4 Å². The summed E-state index contributed by atoms with van der Waals surface area (Å²) in [6.45, 7) is 1.89. The van der Waals surface area contributed by atoms with Crippen molar-refractivity contribution in [1.82, 2.24) is 5.32 Å². The van der Waals surface area contributed by atoms with Crippen molar-refractivity contribution in [2.75, 3.05) is 5.32 Å². The molecule has 0 bridgehead atoms. The Kier molecular flexibility index (Phi) is 6.82. The molecular formula is C27H32N2O4. The van der Waals surface area contributed by atoms with Crippen molar-refractivity contribution < 1.29 is 19.5 Å². The zero-order valence-electron chi connectivity index (χ0n) is 19.2. The lowest BCUT2D eigenvalue weighted by atomic mass is 9.67. The summed E-state index contributed by atoms with van der Waals surface area (Å²) in [4.78, 5) is 36.8. The number of hydrogen-bond acceptors (Lipinski definition) is 3. The number of amides is 2. The van der Waals surface area contributed by atoms with Gasteiger partial charge in [0.1, 0.15) is 0 Å². The molecule has 6 nitrogen and oxygen atoms in total. The van der Waals surface area contributed by atoms with Crippen molar-refractivity contribution in [2.45, 2.75) is 70.8 Å². The lowest BCUT2D eigenvalue weighted by Crippen LogP contribution is -2.38. The summed E-state index contributed by atoms with van der Waals surface area (Å²) >= 11 is 0. The topological polar surface area (TPSA) is 95.5 Å². The van der Waals surface area contributed by atoms with Gasteiger partial charge in [-0.1, -0.05) is 56.5 Å². The molecule has 4 rings (SSSR count). The van der Waals surface area contributed by atoms with Crippen molar-refractivity contribution in [1.29, 1.82) is 0 Å². The number of rotatable bonds is 6. The normalized spacial score (nSPS) is 20.7. The van der Waals surface area contributed by atoms with Crippen LogP contribution in [0.25, 0.3) is 11.1 Å². The highest BCUT2D eigenvalue weighted by Gasteiger charge is 2.42. The molecule has 2 aromatic carbocycles. The first-order valence-corrected chi connectivity index (χ1v) is 12.0. The summed E-state index contributed by atoms with van der Waals surface area (Å²) in [5.74, 6) is -0.977. The van der Waals surface area contributed by atoms with Crippen molar-refractivity contribution >= 4 is 23.5 Å². The van der Waals surface area contributed by atoms with Gasteiger partial charge in [-0.2, -0.15) is 0 Å². The molecule has 174 valence electrons. The van der Waals surface area contributed by atoms with Crippen LogP contribution in [0.2, 0.25) is 0 Å². The molecule has 0 saturated heterocycles. The molecule has 2 amide bonds. The van der Waals surface area contributed by atoms with Crippen molar-refractivity contribution in [3.8, 4) is 11.1 Å². The van der Waals surface area contributed by atoms with Crippen LogP contribution < -0.4 is 10.6 Å². The van der Waals surface area contributed by atoms with E-state index in [1.165, 1.54) is 19.3 Å². The third kappa shape index (κ3) is 5.10. The quantitative estimate of drug-likeness (QED) is 0.520. The van der Waals surface area contributed by atoms with E-state index in [9.17, 15) is 19.5 Å². The smallest absolute Gasteiger partial charge is 0.319 e. The van der Waals surface area contributed by atoms with E-state index in [-0.39, 0.29) is 24.3 Å². The van der Waals surface area contributed by atoms with Gasteiger partial charge in [0, 0.05) is 22.7 Å². The molecule has 2 aliphatic rings. The number of carbonyl (C=O) groups is 3. The maximum absolute atomic E-state index is 13.1. The average molecular weight is 449 g/mol. The van der Waals surface area contributed by atoms with Gasteiger partial charge < -0.3 is 15.7 Å². The molecule has 3 N–H and O–H groups in total. The molecule has 2 aliphatic carbocycles. The number of fused-ring (bicyclic) bond motifs is 1. The Bertz CT molecular complexity index is 1040. The van der Waals surface area contributed by atoms with Crippen LogP contribution in [-0.4, -0.2) is 28.9 Å². The first-order valence-electron chi connectivity index (χ1n) is 12.0. The molecule has 1 unspecified atom stereocenters. The second-order valence-electron chi connectivity index (χ2n) is 9.42. The Hall–Kier alpha value is -3.15. The number of carboxylic acids is 1. The minimum Gasteiger partial charge on any atom is -0.481 e. The summed E-state index contributed by atoms with van der Waals surface area (Å²) in [7, 11) is 0. The number of anilines is 1. The van der Waals surface area contributed by atoms with Crippen LogP contribution >= 0.6 is 0 Å². The first kappa shape index (κ1) is 23.0. The number of aliphatic carboxylic acids is 1. The number of hydrogen-bond donors (Lipinski definition) is 3. The molecule has 6 heteroatoms. The fourth-order valence-electron chi connectivity index (χ4n) is 5.24. The van der Waals surface area contributed by atoms with E-state index in [2.05, 4.69) is 10.6 Å². The number of carbonyl (C=O) groups excluding carboxylic acids is 2. The number of ketones is 1. The molecule has 0 aliphatic heterocycles. The molecule has 0 spiro atoms. The van der Waals surface area contributed by atoms with E-state index in [1.807, 2.05) is 49.4 Å². The summed E-state index contributed by atoms with van der Waals surface area (Å²) in [6, 6.07) is 13.6. The Morgan fingerprint density at radius 1 is 1.03 bits per heavy atom. The van der Waals surface area contributed by atoms with Gasteiger partial charge in [0.15, 0.2) is 5.78 Å². The van der Waals surface area contributed by atoms with E-state index >= 15 is 0 Å². The van der Waals surface area contributed by atoms with E-state index in [0.29, 0.717) is 24.8 Å². The van der Waals surface area contributed by atoms with Gasteiger partial charge in [-0.05, 0) is 60.9 Å². The van der Waals surface area contributed by atoms with Crippen LogP contribution in [0.4, 0.5) is 10.5 Å². The third-order valence-corrected chi connectivity index (χ3v) is 7.29. The highest BCUT2D eigenvalue weighted by atomic mass is 16.4. The average Bonchev–Trinajstić information content (AvgIpc) is 2.81. The summed E-state index contributed by atoms with van der Waals surface area (Å²) in [6.07, 6.45) is 7.34. The highest BCUT2D eigenvalue weighted by Crippen LogP contribution is 2.42. The molecule has 1 atom stereocenters. The Morgan fingerprint density at radius 2 is 1.73 bits per heavy atom. The maximum Gasteiger partial charge on any atom is 0.319 e. The van der Waals surface area contributed by atoms with Gasteiger partial charge in [-0.3, -0.25) is 9.59 Å². The number of carboxylic acid groups (broad SMARTS) is 1. The van der Waals surface area contributed by atoms with Gasteiger partial charge in [0.2, 0.25) is 0 Å². The molecular weight excluding hydrogens is 416 g/mol. The summed E-state index contributed by atoms with van der Waals surface area (Å²) in [5.41, 5.74) is 3.56. The van der Waals surface area contributed by atoms with Gasteiger partial charge in [-0.15, -0.1) is 0 Å². The van der Waals surface area contributed by atoms with Gasteiger partial charge >= 0.3 is 12.0 Å². The second kappa shape index (κ2) is 9.77. The van der Waals surface area contributed by atoms with Crippen molar-refractivity contribution in [3.05, 3.63) is 53.6 Å². The van der Waals surface area contributed by atoms with Crippen LogP contribution in [0, 0.1) is 5.41 Å². The Balaban J connectivity index is 1.44.